The molecule has 0 spiro atoms. The molecule has 4 nitrogen and oxygen atoms in total. The molecule has 0 amide bonds. The van der Waals surface area contributed by atoms with Gasteiger partial charge in [0.1, 0.15) is 11.0 Å². The molecular weight excluding hydrogens is 240 g/mol. The van der Waals surface area contributed by atoms with E-state index < -0.39 is 5.97 Å². The number of carboxylic acids is 1. The molecule has 0 unspecified atom stereocenters. The second-order valence-corrected chi connectivity index (χ2v) is 4.32. The first-order chi connectivity index (χ1) is 8.06. The number of aromatic nitrogens is 1. The van der Waals surface area contributed by atoms with Gasteiger partial charge >= 0.3 is 5.97 Å². The fourth-order valence-corrected chi connectivity index (χ4v) is 1.75. The first-order valence-corrected chi connectivity index (χ1v) is 6.09. The van der Waals surface area contributed by atoms with Crippen LogP contribution in [0.15, 0.2) is 12.1 Å². The lowest BCUT2D eigenvalue weighted by molar-refractivity contribution is 0.0697. The number of nitrogens with zero attached hydrogens (tertiary/aromatic N) is 1. The molecule has 1 aromatic heterocycles. The highest BCUT2D eigenvalue weighted by molar-refractivity contribution is 6.29. The van der Waals surface area contributed by atoms with Crippen molar-refractivity contribution in [3.63, 3.8) is 0 Å². The summed E-state index contributed by atoms with van der Waals surface area (Å²) in [7, 11) is 0. The molecule has 0 bridgehead atoms. The maximum Gasteiger partial charge on any atom is 0.335 e. The van der Waals surface area contributed by atoms with Crippen molar-refractivity contribution in [2.24, 2.45) is 5.92 Å². The Balaban J connectivity index is 2.74. The molecule has 1 aromatic rings. The van der Waals surface area contributed by atoms with Crippen LogP contribution < -0.4 is 5.32 Å². The van der Waals surface area contributed by atoms with Gasteiger partial charge in [-0.2, -0.15) is 0 Å². The Labute approximate surface area is 106 Å². The number of hydrogen-bond donors (Lipinski definition) is 2. The zero-order valence-corrected chi connectivity index (χ0v) is 10.8. The largest absolute Gasteiger partial charge is 0.478 e. The van der Waals surface area contributed by atoms with Gasteiger partial charge < -0.3 is 10.4 Å². The smallest absolute Gasteiger partial charge is 0.335 e. The van der Waals surface area contributed by atoms with E-state index in [-0.39, 0.29) is 10.7 Å². The van der Waals surface area contributed by atoms with E-state index in [9.17, 15) is 4.79 Å². The summed E-state index contributed by atoms with van der Waals surface area (Å²) < 4.78 is 0. The third kappa shape index (κ3) is 4.23. The number of anilines is 1. The van der Waals surface area contributed by atoms with Crippen LogP contribution in [0.3, 0.4) is 0 Å². The number of halogens is 1. The Morgan fingerprint density at radius 1 is 1.47 bits per heavy atom. The molecule has 0 radical (unpaired) electrons. The Morgan fingerprint density at radius 3 is 2.65 bits per heavy atom. The lowest BCUT2D eigenvalue weighted by atomic mass is 10.0. The van der Waals surface area contributed by atoms with Crippen molar-refractivity contribution in [2.75, 3.05) is 11.9 Å². The average Bonchev–Trinajstić information content (AvgIpc) is 2.29. The summed E-state index contributed by atoms with van der Waals surface area (Å²) in [4.78, 5) is 14.9. The highest BCUT2D eigenvalue weighted by atomic mass is 35.5. The fraction of sp³-hybridized carbons (Fsp3) is 0.500. The van der Waals surface area contributed by atoms with Gasteiger partial charge in [0.25, 0.3) is 0 Å². The van der Waals surface area contributed by atoms with Crippen LogP contribution in [-0.2, 0) is 0 Å². The highest BCUT2D eigenvalue weighted by Gasteiger charge is 2.08. The summed E-state index contributed by atoms with van der Waals surface area (Å²) in [6, 6.07) is 2.84. The zero-order chi connectivity index (χ0) is 12.8. The molecule has 0 saturated heterocycles. The van der Waals surface area contributed by atoms with E-state index >= 15 is 0 Å². The van der Waals surface area contributed by atoms with Gasteiger partial charge in [0.15, 0.2) is 0 Å². The normalized spacial score (nSPS) is 10.6. The van der Waals surface area contributed by atoms with Crippen molar-refractivity contribution in [3.05, 3.63) is 22.8 Å². The van der Waals surface area contributed by atoms with Gasteiger partial charge in [-0.25, -0.2) is 9.78 Å². The van der Waals surface area contributed by atoms with Gasteiger partial charge in [-0.1, -0.05) is 38.3 Å². The Morgan fingerprint density at radius 2 is 2.12 bits per heavy atom. The first kappa shape index (κ1) is 13.8. The summed E-state index contributed by atoms with van der Waals surface area (Å²) in [5.41, 5.74) is 0.150. The number of hydrogen-bond acceptors (Lipinski definition) is 3. The van der Waals surface area contributed by atoms with E-state index in [1.54, 1.807) is 0 Å². The number of carboxylic acid groups (broad SMARTS) is 1. The second kappa shape index (κ2) is 6.45. The van der Waals surface area contributed by atoms with Gasteiger partial charge in [0.05, 0.1) is 5.56 Å². The molecule has 0 aliphatic rings. The third-order valence-corrected chi connectivity index (χ3v) is 2.96. The van der Waals surface area contributed by atoms with Crippen molar-refractivity contribution < 1.29 is 9.90 Å². The monoisotopic (exact) mass is 256 g/mol. The molecular formula is C12H17ClN2O2. The van der Waals surface area contributed by atoms with Crippen LogP contribution in [0.4, 0.5) is 5.82 Å². The Kier molecular flexibility index (Phi) is 5.22. The number of aromatic carboxylic acids is 1. The van der Waals surface area contributed by atoms with Crippen molar-refractivity contribution in [3.8, 4) is 0 Å². The van der Waals surface area contributed by atoms with Crippen molar-refractivity contribution in [1.29, 1.82) is 0 Å². The van der Waals surface area contributed by atoms with E-state index in [1.807, 2.05) is 0 Å². The molecule has 0 saturated carbocycles. The van der Waals surface area contributed by atoms with Crippen LogP contribution in [0, 0.1) is 5.92 Å². The van der Waals surface area contributed by atoms with Gasteiger partial charge in [-0.3, -0.25) is 0 Å². The van der Waals surface area contributed by atoms with Gasteiger partial charge in [0.2, 0.25) is 0 Å². The van der Waals surface area contributed by atoms with E-state index in [0.717, 1.165) is 19.4 Å². The Bertz CT molecular complexity index is 392. The van der Waals surface area contributed by atoms with E-state index in [1.165, 1.54) is 12.1 Å². The molecule has 1 heterocycles. The molecule has 1 rings (SSSR count). The van der Waals surface area contributed by atoms with Gasteiger partial charge in [-0.05, 0) is 18.1 Å². The second-order valence-electron chi connectivity index (χ2n) is 3.93. The van der Waals surface area contributed by atoms with Crippen LogP contribution in [0.5, 0.6) is 0 Å². The van der Waals surface area contributed by atoms with Crippen LogP contribution in [0.25, 0.3) is 0 Å². The lowest BCUT2D eigenvalue weighted by Crippen LogP contribution is -2.14. The van der Waals surface area contributed by atoms with E-state index in [2.05, 4.69) is 24.1 Å². The van der Waals surface area contributed by atoms with Crippen molar-refractivity contribution >= 4 is 23.4 Å². The molecule has 17 heavy (non-hydrogen) atoms. The number of rotatable bonds is 6. The molecule has 0 fully saturated rings. The molecule has 0 aliphatic carbocycles. The van der Waals surface area contributed by atoms with Crippen molar-refractivity contribution in [1.82, 2.24) is 4.98 Å². The van der Waals surface area contributed by atoms with Crippen LogP contribution in [-0.4, -0.2) is 22.6 Å². The van der Waals surface area contributed by atoms with E-state index in [0.29, 0.717) is 11.7 Å². The van der Waals surface area contributed by atoms with Crippen molar-refractivity contribution in [2.45, 2.75) is 26.7 Å². The Hall–Kier alpha value is -1.29. The summed E-state index contributed by atoms with van der Waals surface area (Å²) >= 11 is 5.76. The fourth-order valence-electron chi connectivity index (χ4n) is 1.54. The zero-order valence-electron chi connectivity index (χ0n) is 10.0. The molecule has 0 atom stereocenters. The molecule has 2 N–H and O–H groups in total. The maximum absolute atomic E-state index is 10.8. The predicted molar refractivity (Wildman–Crippen MR) is 68.8 cm³/mol. The topological polar surface area (TPSA) is 62.2 Å². The number of pyridine rings is 1. The minimum atomic E-state index is -1.00. The minimum absolute atomic E-state index is 0.150. The summed E-state index contributed by atoms with van der Waals surface area (Å²) in [6.45, 7) is 5.03. The molecule has 0 aliphatic heterocycles. The first-order valence-electron chi connectivity index (χ1n) is 5.71. The standard InChI is InChI=1S/C12H17ClN2O2/c1-3-8(4-2)7-14-11-6-9(12(16)17)5-10(13)15-11/h5-6,8H,3-4,7H2,1-2H3,(H,14,15)(H,16,17). The highest BCUT2D eigenvalue weighted by Crippen LogP contribution is 2.16. The summed E-state index contributed by atoms with van der Waals surface area (Å²) in [5.74, 6) is 0.0748. The van der Waals surface area contributed by atoms with Crippen LogP contribution in [0.1, 0.15) is 37.0 Å². The number of carbonyl (C=O) groups is 1. The van der Waals surface area contributed by atoms with Crippen LogP contribution >= 0.6 is 11.6 Å². The number of nitrogens with one attached hydrogen (secondary N) is 1. The third-order valence-electron chi connectivity index (χ3n) is 2.77. The molecule has 5 heteroatoms. The lowest BCUT2D eigenvalue weighted by Gasteiger charge is -2.14. The van der Waals surface area contributed by atoms with E-state index in [4.69, 9.17) is 16.7 Å². The summed E-state index contributed by atoms with van der Waals surface area (Å²) in [5, 5.41) is 12.2. The quantitative estimate of drug-likeness (QED) is 0.767. The predicted octanol–water partition coefficient (Wildman–Crippen LogP) is 3.28. The minimum Gasteiger partial charge on any atom is -0.478 e. The summed E-state index contributed by atoms with van der Waals surface area (Å²) in [6.07, 6.45) is 2.16. The van der Waals surface area contributed by atoms with Crippen LogP contribution in [0.2, 0.25) is 5.15 Å². The average molecular weight is 257 g/mol. The molecule has 94 valence electrons. The molecule has 0 aromatic carbocycles. The maximum atomic E-state index is 10.8. The van der Waals surface area contributed by atoms with Gasteiger partial charge in [-0.15, -0.1) is 0 Å². The van der Waals surface area contributed by atoms with Gasteiger partial charge in [0, 0.05) is 6.54 Å². The SMILES string of the molecule is CCC(CC)CNc1cc(C(=O)O)cc(Cl)n1.